The summed E-state index contributed by atoms with van der Waals surface area (Å²) in [7, 11) is 0. The maximum atomic E-state index is 5.44. The molecule has 0 spiro atoms. The van der Waals surface area contributed by atoms with Crippen molar-refractivity contribution < 1.29 is 0 Å². The fourth-order valence-corrected chi connectivity index (χ4v) is 8.73. The molecule has 146 valence electrons. The summed E-state index contributed by atoms with van der Waals surface area (Å²) in [4.78, 5) is 5.44. The highest BCUT2D eigenvalue weighted by Gasteiger charge is 2.58. The van der Waals surface area contributed by atoms with Crippen LogP contribution in [-0.2, 0) is 0 Å². The van der Waals surface area contributed by atoms with Crippen LogP contribution in [0.5, 0.6) is 0 Å². The van der Waals surface area contributed by atoms with Crippen LogP contribution in [0.1, 0.15) is 110 Å². The molecule has 0 unspecified atom stereocenters. The third kappa shape index (κ3) is 2.66. The number of hydrogen-bond donors (Lipinski definition) is 0. The Kier molecular flexibility index (Phi) is 4.52. The molecule has 5 saturated carbocycles. The van der Waals surface area contributed by atoms with E-state index in [4.69, 9.17) is 4.99 Å². The van der Waals surface area contributed by atoms with Gasteiger partial charge in [0.05, 0.1) is 0 Å². The summed E-state index contributed by atoms with van der Waals surface area (Å²) in [5.74, 6) is 4.07. The van der Waals surface area contributed by atoms with Crippen molar-refractivity contribution >= 4 is 5.71 Å². The third-order valence-electron chi connectivity index (χ3n) is 10.2. The first-order valence-corrected chi connectivity index (χ1v) is 12.2. The first-order valence-electron chi connectivity index (χ1n) is 12.2. The molecule has 0 radical (unpaired) electrons. The standard InChI is InChI=1S/C25H41N/c1-24-16-7-6-8-18(24)11-12-20-21-13-14-23(25(21,2)17-15-22(20)24)26-19-9-4-3-5-10-19/h18-22H,3-17H2,1-2H3/t18-,20+,21-,22+,24-,25-/m0/s1. The van der Waals surface area contributed by atoms with E-state index >= 15 is 0 Å². The molecule has 5 aliphatic carbocycles. The predicted octanol–water partition coefficient (Wildman–Crippen LogP) is 7.19. The minimum absolute atomic E-state index is 0.469. The Morgan fingerprint density at radius 1 is 0.731 bits per heavy atom. The predicted molar refractivity (Wildman–Crippen MR) is 111 cm³/mol. The van der Waals surface area contributed by atoms with Gasteiger partial charge in [0, 0.05) is 17.2 Å². The molecule has 0 saturated heterocycles. The molecule has 1 heteroatoms. The summed E-state index contributed by atoms with van der Waals surface area (Å²) < 4.78 is 0. The first kappa shape index (κ1) is 17.7. The summed E-state index contributed by atoms with van der Waals surface area (Å²) in [6, 6.07) is 0.679. The van der Waals surface area contributed by atoms with E-state index in [1.807, 2.05) is 0 Å². The van der Waals surface area contributed by atoms with Crippen LogP contribution in [0.2, 0.25) is 0 Å². The lowest BCUT2D eigenvalue weighted by Gasteiger charge is -2.60. The molecular weight excluding hydrogens is 314 g/mol. The summed E-state index contributed by atoms with van der Waals surface area (Å²) in [5, 5.41) is 0. The van der Waals surface area contributed by atoms with Gasteiger partial charge >= 0.3 is 0 Å². The SMILES string of the molecule is C[C@]12CCCC[C@H]1CC[C@H]1[C@H]2CC[C@]2(C)C(=NC3CCCCC3)CC[C@@H]12. The van der Waals surface area contributed by atoms with Crippen LogP contribution < -0.4 is 0 Å². The molecule has 0 amide bonds. The minimum Gasteiger partial charge on any atom is -0.290 e. The Labute approximate surface area is 161 Å². The molecule has 5 rings (SSSR count). The molecular formula is C25H41N. The Balaban J connectivity index is 1.39. The van der Waals surface area contributed by atoms with Gasteiger partial charge in [0.25, 0.3) is 0 Å². The van der Waals surface area contributed by atoms with Crippen molar-refractivity contribution in [3.05, 3.63) is 0 Å². The average Bonchev–Trinajstić information content (AvgIpc) is 2.98. The van der Waals surface area contributed by atoms with Gasteiger partial charge in [-0.15, -0.1) is 0 Å². The van der Waals surface area contributed by atoms with Crippen LogP contribution in [0.15, 0.2) is 4.99 Å². The largest absolute Gasteiger partial charge is 0.290 e. The zero-order chi connectivity index (χ0) is 17.8. The Hall–Kier alpha value is -0.330. The number of aliphatic imine (C=N–C) groups is 1. The molecule has 0 aromatic carbocycles. The Bertz CT molecular complexity index is 559. The van der Waals surface area contributed by atoms with Crippen molar-refractivity contribution in [2.45, 2.75) is 116 Å². The Morgan fingerprint density at radius 2 is 1.54 bits per heavy atom. The molecule has 0 aromatic rings. The van der Waals surface area contributed by atoms with E-state index in [2.05, 4.69) is 13.8 Å². The van der Waals surface area contributed by atoms with Crippen LogP contribution in [-0.4, -0.2) is 11.8 Å². The molecule has 0 heterocycles. The quantitative estimate of drug-likeness (QED) is 0.472. The van der Waals surface area contributed by atoms with Crippen molar-refractivity contribution in [2.24, 2.45) is 39.5 Å². The minimum atomic E-state index is 0.469. The van der Waals surface area contributed by atoms with E-state index in [-0.39, 0.29) is 0 Å². The molecule has 0 aliphatic heterocycles. The van der Waals surface area contributed by atoms with E-state index in [1.54, 1.807) is 18.6 Å². The average molecular weight is 356 g/mol. The fourth-order valence-electron chi connectivity index (χ4n) is 8.73. The highest BCUT2D eigenvalue weighted by molar-refractivity contribution is 5.92. The van der Waals surface area contributed by atoms with Crippen molar-refractivity contribution in [3.8, 4) is 0 Å². The maximum absolute atomic E-state index is 5.44. The second-order valence-electron chi connectivity index (χ2n) is 11.3. The maximum Gasteiger partial charge on any atom is 0.0499 e. The van der Waals surface area contributed by atoms with Gasteiger partial charge in [0.2, 0.25) is 0 Å². The third-order valence-corrected chi connectivity index (χ3v) is 10.2. The van der Waals surface area contributed by atoms with Crippen LogP contribution >= 0.6 is 0 Å². The van der Waals surface area contributed by atoms with Crippen LogP contribution in [0.4, 0.5) is 0 Å². The van der Waals surface area contributed by atoms with Gasteiger partial charge in [-0.1, -0.05) is 46.0 Å². The van der Waals surface area contributed by atoms with Gasteiger partial charge in [0.15, 0.2) is 0 Å². The molecule has 0 aromatic heterocycles. The van der Waals surface area contributed by atoms with Crippen molar-refractivity contribution in [1.29, 1.82) is 0 Å². The van der Waals surface area contributed by atoms with Crippen molar-refractivity contribution in [3.63, 3.8) is 0 Å². The van der Waals surface area contributed by atoms with E-state index in [9.17, 15) is 0 Å². The summed E-state index contributed by atoms with van der Waals surface area (Å²) >= 11 is 0. The van der Waals surface area contributed by atoms with Crippen LogP contribution in [0.3, 0.4) is 0 Å². The van der Waals surface area contributed by atoms with E-state index in [0.717, 1.165) is 23.7 Å². The normalized spacial score (nSPS) is 50.9. The lowest BCUT2D eigenvalue weighted by Crippen LogP contribution is -2.52. The monoisotopic (exact) mass is 355 g/mol. The van der Waals surface area contributed by atoms with Crippen molar-refractivity contribution in [2.75, 3.05) is 0 Å². The number of nitrogens with zero attached hydrogens (tertiary/aromatic N) is 1. The number of hydrogen-bond acceptors (Lipinski definition) is 1. The fraction of sp³-hybridized carbons (Fsp3) is 0.960. The second-order valence-corrected chi connectivity index (χ2v) is 11.3. The molecule has 0 N–H and O–H groups in total. The lowest BCUT2D eigenvalue weighted by molar-refractivity contribution is -0.0936. The highest BCUT2D eigenvalue weighted by Crippen LogP contribution is 2.65. The van der Waals surface area contributed by atoms with Gasteiger partial charge in [-0.2, -0.15) is 0 Å². The van der Waals surface area contributed by atoms with Crippen molar-refractivity contribution in [1.82, 2.24) is 0 Å². The molecule has 5 fully saturated rings. The summed E-state index contributed by atoms with van der Waals surface area (Å²) in [5.41, 5.74) is 2.83. The zero-order valence-electron chi connectivity index (χ0n) is 17.4. The Morgan fingerprint density at radius 3 is 2.38 bits per heavy atom. The van der Waals surface area contributed by atoms with Crippen LogP contribution in [0, 0.1) is 34.5 Å². The van der Waals surface area contributed by atoms with Gasteiger partial charge in [-0.25, -0.2) is 0 Å². The molecule has 1 nitrogen and oxygen atoms in total. The lowest BCUT2D eigenvalue weighted by atomic mass is 9.45. The second kappa shape index (κ2) is 6.63. The number of rotatable bonds is 1. The van der Waals surface area contributed by atoms with E-state index in [1.165, 1.54) is 83.5 Å². The van der Waals surface area contributed by atoms with E-state index < -0.39 is 0 Å². The zero-order valence-corrected chi connectivity index (χ0v) is 17.4. The highest BCUT2D eigenvalue weighted by atomic mass is 14.8. The van der Waals surface area contributed by atoms with Gasteiger partial charge in [-0.05, 0) is 93.3 Å². The molecule has 26 heavy (non-hydrogen) atoms. The molecule has 6 atom stereocenters. The topological polar surface area (TPSA) is 12.4 Å². The molecule has 0 bridgehead atoms. The summed E-state index contributed by atoms with van der Waals surface area (Å²) in [6.07, 6.45) is 22.0. The van der Waals surface area contributed by atoms with Crippen LogP contribution in [0.25, 0.3) is 0 Å². The van der Waals surface area contributed by atoms with Gasteiger partial charge in [-0.3, -0.25) is 4.99 Å². The molecule has 5 aliphatic rings. The van der Waals surface area contributed by atoms with Gasteiger partial charge in [0.1, 0.15) is 0 Å². The smallest absolute Gasteiger partial charge is 0.0499 e. The van der Waals surface area contributed by atoms with E-state index in [0.29, 0.717) is 16.9 Å². The summed E-state index contributed by atoms with van der Waals surface area (Å²) in [6.45, 7) is 5.35. The van der Waals surface area contributed by atoms with Gasteiger partial charge < -0.3 is 0 Å². The first-order chi connectivity index (χ1) is 12.6. The number of fused-ring (bicyclic) bond motifs is 5.